The zero-order valence-electron chi connectivity index (χ0n) is 20.4. The molecule has 186 valence electrons. The molecule has 1 saturated carbocycles. The van der Waals surface area contributed by atoms with Gasteiger partial charge in [0.15, 0.2) is 0 Å². The maximum absolute atomic E-state index is 13.3. The molecule has 0 aliphatic heterocycles. The first-order valence-corrected chi connectivity index (χ1v) is 12.5. The van der Waals surface area contributed by atoms with E-state index >= 15 is 0 Å². The molecule has 2 amide bonds. The molecule has 7 heteroatoms. The molecular formula is C28H34N2O5. The number of hydrogen-bond donors (Lipinski definition) is 2. The largest absolute Gasteiger partial charge is 0.480 e. The number of alkyl carbamates (subject to hydrolysis) is 1. The van der Waals surface area contributed by atoms with Crippen LogP contribution in [0.3, 0.4) is 0 Å². The van der Waals surface area contributed by atoms with Crippen LogP contribution in [0.15, 0.2) is 48.5 Å². The van der Waals surface area contributed by atoms with Crippen molar-refractivity contribution in [3.63, 3.8) is 0 Å². The second-order valence-corrected chi connectivity index (χ2v) is 9.77. The number of aliphatic carboxylic acids is 1. The average Bonchev–Trinajstić information content (AvgIpc) is 2.97. The predicted molar refractivity (Wildman–Crippen MR) is 133 cm³/mol. The van der Waals surface area contributed by atoms with E-state index in [0.717, 1.165) is 30.4 Å². The Labute approximate surface area is 206 Å². The van der Waals surface area contributed by atoms with Crippen LogP contribution in [0.25, 0.3) is 11.1 Å². The zero-order chi connectivity index (χ0) is 24.9. The fourth-order valence-electron chi connectivity index (χ4n) is 5.44. The minimum absolute atomic E-state index is 0.0355. The Kier molecular flexibility index (Phi) is 7.73. The molecule has 0 spiro atoms. The van der Waals surface area contributed by atoms with Crippen LogP contribution in [-0.4, -0.2) is 53.2 Å². The van der Waals surface area contributed by atoms with Crippen LogP contribution in [0.1, 0.15) is 63.0 Å². The number of carboxylic acids is 1. The highest BCUT2D eigenvalue weighted by molar-refractivity contribution is 5.84. The van der Waals surface area contributed by atoms with E-state index in [1.54, 1.807) is 0 Å². The highest BCUT2D eigenvalue weighted by Crippen LogP contribution is 2.44. The lowest BCUT2D eigenvalue weighted by Gasteiger charge is -2.32. The molecule has 0 unspecified atom stereocenters. The Bertz CT molecular complexity index is 1040. The molecule has 2 aliphatic carbocycles. The van der Waals surface area contributed by atoms with Gasteiger partial charge in [-0.2, -0.15) is 0 Å². The molecule has 4 rings (SSSR count). The molecule has 7 nitrogen and oxygen atoms in total. The summed E-state index contributed by atoms with van der Waals surface area (Å²) in [7, 11) is 0. The van der Waals surface area contributed by atoms with Crippen molar-refractivity contribution < 1.29 is 24.2 Å². The number of carbonyl (C=O) groups excluding carboxylic acids is 2. The van der Waals surface area contributed by atoms with Gasteiger partial charge in [-0.3, -0.25) is 9.59 Å². The van der Waals surface area contributed by atoms with E-state index in [1.807, 2.05) is 38.1 Å². The van der Waals surface area contributed by atoms with Gasteiger partial charge in [0.05, 0.1) is 5.92 Å². The fraction of sp³-hybridized carbons (Fsp3) is 0.464. The Morgan fingerprint density at radius 2 is 1.57 bits per heavy atom. The molecule has 0 aromatic heterocycles. The van der Waals surface area contributed by atoms with Crippen molar-refractivity contribution in [2.24, 2.45) is 5.92 Å². The summed E-state index contributed by atoms with van der Waals surface area (Å²) in [5.74, 6) is -1.75. The lowest BCUT2D eigenvalue weighted by molar-refractivity contribution is -0.148. The quantitative estimate of drug-likeness (QED) is 0.558. The van der Waals surface area contributed by atoms with Gasteiger partial charge < -0.3 is 20.1 Å². The monoisotopic (exact) mass is 478 g/mol. The Balaban J connectivity index is 1.44. The minimum atomic E-state index is -1.04. The number of rotatable bonds is 7. The molecule has 0 radical (unpaired) electrons. The van der Waals surface area contributed by atoms with Gasteiger partial charge >= 0.3 is 12.1 Å². The Morgan fingerprint density at radius 3 is 2.17 bits per heavy atom. The summed E-state index contributed by atoms with van der Waals surface area (Å²) in [6.07, 6.45) is 3.51. The topological polar surface area (TPSA) is 95.9 Å². The van der Waals surface area contributed by atoms with Crippen molar-refractivity contribution >= 4 is 18.0 Å². The van der Waals surface area contributed by atoms with Crippen LogP contribution in [0.5, 0.6) is 0 Å². The van der Waals surface area contributed by atoms with Gasteiger partial charge in [0.1, 0.15) is 13.2 Å². The van der Waals surface area contributed by atoms with Crippen molar-refractivity contribution in [1.82, 2.24) is 10.2 Å². The van der Waals surface area contributed by atoms with Crippen LogP contribution in [-0.2, 0) is 14.3 Å². The maximum atomic E-state index is 13.3. The molecule has 2 atom stereocenters. The van der Waals surface area contributed by atoms with Gasteiger partial charge in [0.2, 0.25) is 5.91 Å². The predicted octanol–water partition coefficient (Wildman–Crippen LogP) is 4.80. The first-order valence-electron chi connectivity index (χ1n) is 12.5. The lowest BCUT2D eigenvalue weighted by Crippen LogP contribution is -2.51. The minimum Gasteiger partial charge on any atom is -0.480 e. The van der Waals surface area contributed by atoms with Gasteiger partial charge in [-0.15, -0.1) is 0 Å². The van der Waals surface area contributed by atoms with Gasteiger partial charge in [-0.05, 0) is 48.9 Å². The molecule has 1 fully saturated rings. The third-order valence-corrected chi connectivity index (χ3v) is 7.19. The number of amides is 2. The summed E-state index contributed by atoms with van der Waals surface area (Å²) < 4.78 is 5.71. The fourth-order valence-corrected chi connectivity index (χ4v) is 5.44. The van der Waals surface area contributed by atoms with Crippen molar-refractivity contribution in [1.29, 1.82) is 0 Å². The molecule has 0 saturated heterocycles. The second kappa shape index (κ2) is 10.9. The Hall–Kier alpha value is -3.35. The molecule has 2 N–H and O–H groups in total. The SMILES string of the molecule is CC(C)N(CC(=O)O)C(=O)[C@H]1CCCCC[C@H]1NC(=O)OCC1c2ccccc2-c2ccccc21. The van der Waals surface area contributed by atoms with Gasteiger partial charge in [0, 0.05) is 18.0 Å². The van der Waals surface area contributed by atoms with Crippen LogP contribution in [0.4, 0.5) is 4.79 Å². The third kappa shape index (κ3) is 5.50. The summed E-state index contributed by atoms with van der Waals surface area (Å²) >= 11 is 0. The molecule has 0 bridgehead atoms. The van der Waals surface area contributed by atoms with Crippen molar-refractivity contribution in [2.75, 3.05) is 13.2 Å². The van der Waals surface area contributed by atoms with E-state index in [-0.39, 0.29) is 37.1 Å². The van der Waals surface area contributed by atoms with Crippen LogP contribution in [0, 0.1) is 5.92 Å². The summed E-state index contributed by atoms with van der Waals surface area (Å²) in [4.78, 5) is 39.0. The second-order valence-electron chi connectivity index (χ2n) is 9.77. The molecule has 0 heterocycles. The first kappa shape index (κ1) is 24.8. The van der Waals surface area contributed by atoms with Crippen molar-refractivity contribution in [3.05, 3.63) is 59.7 Å². The first-order chi connectivity index (χ1) is 16.9. The zero-order valence-corrected chi connectivity index (χ0v) is 20.4. The van der Waals surface area contributed by atoms with Crippen molar-refractivity contribution in [2.45, 2.75) is 64.0 Å². The molecular weight excluding hydrogens is 444 g/mol. The number of carbonyl (C=O) groups is 3. The number of carboxylic acid groups (broad SMARTS) is 1. The summed E-state index contributed by atoms with van der Waals surface area (Å²) in [6.45, 7) is 3.49. The Morgan fingerprint density at radius 1 is 0.971 bits per heavy atom. The third-order valence-electron chi connectivity index (χ3n) is 7.19. The number of fused-ring (bicyclic) bond motifs is 3. The number of nitrogens with one attached hydrogen (secondary N) is 1. The highest BCUT2D eigenvalue weighted by atomic mass is 16.5. The van der Waals surface area contributed by atoms with Gasteiger partial charge in [0.25, 0.3) is 0 Å². The number of benzene rings is 2. The molecule has 2 aromatic rings. The van der Waals surface area contributed by atoms with Gasteiger partial charge in [-0.25, -0.2) is 4.79 Å². The number of ether oxygens (including phenoxy) is 1. The molecule has 2 aromatic carbocycles. The van der Waals surface area contributed by atoms with E-state index < -0.39 is 18.0 Å². The number of nitrogens with zero attached hydrogens (tertiary/aromatic N) is 1. The van der Waals surface area contributed by atoms with E-state index in [4.69, 9.17) is 4.74 Å². The smallest absolute Gasteiger partial charge is 0.407 e. The van der Waals surface area contributed by atoms with Gasteiger partial charge in [-0.1, -0.05) is 67.8 Å². The van der Waals surface area contributed by atoms with Crippen LogP contribution >= 0.6 is 0 Å². The van der Waals surface area contributed by atoms with Crippen LogP contribution < -0.4 is 5.32 Å². The molecule has 35 heavy (non-hydrogen) atoms. The standard InChI is InChI=1S/C28H34N2O5/c1-18(2)30(16-26(31)32)27(33)23-14-4-3-5-15-25(23)29-28(34)35-17-24-21-12-8-6-10-19(21)20-11-7-9-13-22(20)24/h6-13,18,23-25H,3-5,14-17H2,1-2H3,(H,29,34)(H,31,32)/t23-,25+/m0/s1. The normalized spacial score (nSPS) is 19.4. The van der Waals surface area contributed by atoms with E-state index in [2.05, 4.69) is 29.6 Å². The summed E-state index contributed by atoms with van der Waals surface area (Å²) in [6, 6.07) is 15.7. The van der Waals surface area contributed by atoms with E-state index in [1.165, 1.54) is 16.0 Å². The van der Waals surface area contributed by atoms with Crippen molar-refractivity contribution in [3.8, 4) is 11.1 Å². The van der Waals surface area contributed by atoms with E-state index in [0.29, 0.717) is 12.8 Å². The summed E-state index contributed by atoms with van der Waals surface area (Å²) in [5, 5.41) is 12.2. The summed E-state index contributed by atoms with van der Waals surface area (Å²) in [5.41, 5.74) is 4.62. The number of hydrogen-bond acceptors (Lipinski definition) is 4. The highest BCUT2D eigenvalue weighted by Gasteiger charge is 2.36. The average molecular weight is 479 g/mol. The van der Waals surface area contributed by atoms with Crippen LogP contribution in [0.2, 0.25) is 0 Å². The lowest BCUT2D eigenvalue weighted by atomic mass is 9.92. The molecule has 2 aliphatic rings. The maximum Gasteiger partial charge on any atom is 0.407 e. The van der Waals surface area contributed by atoms with E-state index in [9.17, 15) is 19.5 Å².